The first kappa shape index (κ1) is 17.2. The molecule has 19 heavy (non-hydrogen) atoms. The first-order chi connectivity index (χ1) is 8.63. The molecule has 0 aromatic carbocycles. The molecule has 0 aromatic rings. The molecule has 1 saturated heterocycles. The number of carbonyl (C=O) groups is 2. The van der Waals surface area contributed by atoms with Gasteiger partial charge in [-0.25, -0.2) is 4.79 Å². The van der Waals surface area contributed by atoms with Crippen LogP contribution in [0.25, 0.3) is 0 Å². The molecule has 0 radical (unpaired) electrons. The third-order valence-corrected chi connectivity index (χ3v) is 2.38. The van der Waals surface area contributed by atoms with Crippen molar-refractivity contribution < 1.29 is 27.9 Å². The van der Waals surface area contributed by atoms with Gasteiger partial charge in [-0.1, -0.05) is 6.92 Å². The Morgan fingerprint density at radius 2 is 1.95 bits per heavy atom. The quantitative estimate of drug-likeness (QED) is 0.758. The Morgan fingerprint density at radius 1 is 1.53 bits per heavy atom. The number of halogens is 3. The molecule has 0 aromatic heterocycles. The van der Waals surface area contributed by atoms with Crippen LogP contribution in [0.5, 0.6) is 0 Å². The number of hydrogen-bond donors (Lipinski definition) is 2. The second kappa shape index (κ2) is 6.94. The summed E-state index contributed by atoms with van der Waals surface area (Å²) in [4.78, 5) is 21.8. The molecule has 1 rings (SSSR count). The Bertz CT molecular complexity index is 372. The lowest BCUT2D eigenvalue weighted by Gasteiger charge is -2.36. The van der Waals surface area contributed by atoms with Gasteiger partial charge in [0.1, 0.15) is 0 Å². The van der Waals surface area contributed by atoms with Crippen molar-refractivity contribution in [3.8, 4) is 6.07 Å². The summed E-state index contributed by atoms with van der Waals surface area (Å²) < 4.78 is 31.7. The number of carboxylic acid groups (broad SMARTS) is 1. The molecular formula is C10H14F3N3O3. The van der Waals surface area contributed by atoms with Crippen molar-refractivity contribution in [2.75, 3.05) is 13.1 Å². The van der Waals surface area contributed by atoms with Crippen LogP contribution >= 0.6 is 0 Å². The molecule has 1 aliphatic rings. The summed E-state index contributed by atoms with van der Waals surface area (Å²) in [6.45, 7) is 3.00. The lowest BCUT2D eigenvalue weighted by Crippen LogP contribution is -2.54. The van der Waals surface area contributed by atoms with Gasteiger partial charge in [0.15, 0.2) is 0 Å². The van der Waals surface area contributed by atoms with Crippen LogP contribution in [0.2, 0.25) is 0 Å². The van der Waals surface area contributed by atoms with Gasteiger partial charge < -0.3 is 15.7 Å². The van der Waals surface area contributed by atoms with Crippen LogP contribution in [0.3, 0.4) is 0 Å². The minimum Gasteiger partial charge on any atom is -0.475 e. The molecule has 108 valence electrons. The Balaban J connectivity index is 0.000000399. The molecule has 0 saturated carbocycles. The maximum atomic E-state index is 11.3. The van der Waals surface area contributed by atoms with Gasteiger partial charge in [0.05, 0.1) is 18.0 Å². The van der Waals surface area contributed by atoms with Gasteiger partial charge in [0.25, 0.3) is 0 Å². The number of likely N-dealkylation sites (tertiary alicyclic amines) is 1. The number of amides is 1. The van der Waals surface area contributed by atoms with Gasteiger partial charge in [-0.15, -0.1) is 0 Å². The van der Waals surface area contributed by atoms with E-state index in [1.54, 1.807) is 4.90 Å². The van der Waals surface area contributed by atoms with Crippen LogP contribution in [0.15, 0.2) is 0 Å². The third-order valence-electron chi connectivity index (χ3n) is 2.38. The number of carbonyl (C=O) groups excluding carboxylic acids is 1. The molecule has 0 aliphatic carbocycles. The fraction of sp³-hybridized carbons (Fsp3) is 0.700. The minimum atomic E-state index is -5.08. The van der Waals surface area contributed by atoms with Crippen LogP contribution in [0, 0.1) is 17.2 Å². The van der Waals surface area contributed by atoms with Crippen LogP contribution in [0.4, 0.5) is 13.2 Å². The highest BCUT2D eigenvalue weighted by atomic mass is 19.4. The minimum absolute atomic E-state index is 0.0241. The molecule has 1 fully saturated rings. The summed E-state index contributed by atoms with van der Waals surface area (Å²) in [5.74, 6) is -2.76. The maximum absolute atomic E-state index is 11.3. The van der Waals surface area contributed by atoms with Gasteiger partial charge >= 0.3 is 12.1 Å². The number of alkyl halides is 3. The van der Waals surface area contributed by atoms with E-state index >= 15 is 0 Å². The van der Waals surface area contributed by atoms with Gasteiger partial charge in [-0.3, -0.25) is 4.79 Å². The molecule has 0 unspecified atom stereocenters. The van der Waals surface area contributed by atoms with E-state index in [0.717, 1.165) is 0 Å². The zero-order valence-electron chi connectivity index (χ0n) is 10.1. The van der Waals surface area contributed by atoms with Crippen LogP contribution in [-0.4, -0.2) is 47.2 Å². The fourth-order valence-corrected chi connectivity index (χ4v) is 1.15. The van der Waals surface area contributed by atoms with Crippen LogP contribution in [-0.2, 0) is 9.59 Å². The zero-order chi connectivity index (χ0) is 15.2. The highest BCUT2D eigenvalue weighted by Crippen LogP contribution is 2.15. The molecule has 1 heterocycles. The summed E-state index contributed by atoms with van der Waals surface area (Å²) in [7, 11) is 0. The molecule has 6 nitrogen and oxygen atoms in total. The molecular weight excluding hydrogens is 267 g/mol. The highest BCUT2D eigenvalue weighted by Gasteiger charge is 2.38. The van der Waals surface area contributed by atoms with E-state index < -0.39 is 12.1 Å². The average molecular weight is 281 g/mol. The second-order valence-corrected chi connectivity index (χ2v) is 3.89. The van der Waals surface area contributed by atoms with Crippen molar-refractivity contribution in [1.29, 1.82) is 5.26 Å². The summed E-state index contributed by atoms with van der Waals surface area (Å²) in [6, 6.07) is 1.72. The third kappa shape index (κ3) is 5.56. The summed E-state index contributed by atoms with van der Waals surface area (Å²) in [5, 5.41) is 15.6. The largest absolute Gasteiger partial charge is 0.490 e. The van der Waals surface area contributed by atoms with Crippen molar-refractivity contribution in [3.63, 3.8) is 0 Å². The fourth-order valence-electron chi connectivity index (χ4n) is 1.15. The SMILES string of the molecule is CC[C@@H](N)C(=O)N1CC(C#N)C1.O=C(O)C(F)(F)F. The number of aliphatic carboxylic acids is 1. The van der Waals surface area contributed by atoms with Crippen LogP contribution in [0.1, 0.15) is 13.3 Å². The number of nitrogens with two attached hydrogens (primary N) is 1. The predicted molar refractivity (Wildman–Crippen MR) is 57.6 cm³/mol. The van der Waals surface area contributed by atoms with Gasteiger partial charge in [0.2, 0.25) is 5.91 Å². The van der Waals surface area contributed by atoms with E-state index in [4.69, 9.17) is 20.9 Å². The van der Waals surface area contributed by atoms with Crippen molar-refractivity contribution in [1.82, 2.24) is 4.90 Å². The van der Waals surface area contributed by atoms with E-state index in [-0.39, 0.29) is 17.9 Å². The highest BCUT2D eigenvalue weighted by molar-refractivity contribution is 5.82. The normalized spacial score (nSPS) is 16.5. The topological polar surface area (TPSA) is 107 Å². The number of carboxylic acids is 1. The van der Waals surface area contributed by atoms with Crippen LogP contribution < -0.4 is 5.73 Å². The van der Waals surface area contributed by atoms with E-state index in [1.807, 2.05) is 6.92 Å². The first-order valence-electron chi connectivity index (χ1n) is 5.37. The predicted octanol–water partition coefficient (Wildman–Crippen LogP) is 0.339. The number of nitriles is 1. The Hall–Kier alpha value is -1.82. The summed E-state index contributed by atoms with van der Waals surface area (Å²) in [5.41, 5.74) is 5.54. The zero-order valence-corrected chi connectivity index (χ0v) is 10.1. The summed E-state index contributed by atoms with van der Waals surface area (Å²) >= 11 is 0. The van der Waals surface area contributed by atoms with Crippen molar-refractivity contribution in [2.45, 2.75) is 25.6 Å². The monoisotopic (exact) mass is 281 g/mol. The number of nitrogens with zero attached hydrogens (tertiary/aromatic N) is 2. The molecule has 3 N–H and O–H groups in total. The lowest BCUT2D eigenvalue weighted by molar-refractivity contribution is -0.192. The molecule has 0 spiro atoms. The molecule has 0 bridgehead atoms. The van der Waals surface area contributed by atoms with Gasteiger partial charge in [-0.05, 0) is 6.42 Å². The second-order valence-electron chi connectivity index (χ2n) is 3.89. The maximum Gasteiger partial charge on any atom is 0.490 e. The number of rotatable bonds is 2. The molecule has 1 aliphatic heterocycles. The first-order valence-corrected chi connectivity index (χ1v) is 5.37. The van der Waals surface area contributed by atoms with E-state index in [9.17, 15) is 18.0 Å². The average Bonchev–Trinajstić information content (AvgIpc) is 2.25. The molecule has 9 heteroatoms. The molecule has 1 amide bonds. The van der Waals surface area contributed by atoms with E-state index in [2.05, 4.69) is 6.07 Å². The lowest BCUT2D eigenvalue weighted by atomic mass is 10.0. The van der Waals surface area contributed by atoms with Gasteiger partial charge in [0, 0.05) is 13.1 Å². The van der Waals surface area contributed by atoms with Crippen molar-refractivity contribution >= 4 is 11.9 Å². The Labute approximate surface area is 107 Å². The Morgan fingerprint density at radius 3 is 2.21 bits per heavy atom. The number of hydrogen-bond acceptors (Lipinski definition) is 4. The van der Waals surface area contributed by atoms with Gasteiger partial charge in [-0.2, -0.15) is 18.4 Å². The van der Waals surface area contributed by atoms with Crippen molar-refractivity contribution in [2.24, 2.45) is 11.7 Å². The summed E-state index contributed by atoms with van der Waals surface area (Å²) in [6.07, 6.45) is -4.42. The van der Waals surface area contributed by atoms with Crippen molar-refractivity contribution in [3.05, 3.63) is 0 Å². The Kier molecular flexibility index (Phi) is 6.27. The standard InChI is InChI=1S/C8H13N3O.C2HF3O2/c1-2-7(10)8(12)11-4-6(3-9)5-11;3-2(4,5)1(6)7/h6-7H,2,4-5,10H2,1H3;(H,6,7)/t7-;/m1./s1. The molecule has 1 atom stereocenters. The smallest absolute Gasteiger partial charge is 0.475 e. The van der Waals surface area contributed by atoms with E-state index in [1.165, 1.54) is 0 Å². The van der Waals surface area contributed by atoms with E-state index in [0.29, 0.717) is 19.5 Å².